The van der Waals surface area contributed by atoms with Crippen LogP contribution in [0.4, 0.5) is 15.8 Å². The van der Waals surface area contributed by atoms with Crippen LogP contribution in [0.3, 0.4) is 0 Å². The summed E-state index contributed by atoms with van der Waals surface area (Å²) >= 11 is 5.99. The van der Waals surface area contributed by atoms with E-state index in [2.05, 4.69) is 15.6 Å². The molecule has 1 heterocycles. The van der Waals surface area contributed by atoms with Gasteiger partial charge in [0.15, 0.2) is 23.1 Å². The number of methoxy groups -OCH3 is 1. The number of unbranched alkanes of at least 4 members (excludes halogenated alkanes) is 2. The van der Waals surface area contributed by atoms with Crippen LogP contribution >= 0.6 is 11.6 Å². The maximum absolute atomic E-state index is 15.2. The topological polar surface area (TPSA) is 136 Å². The van der Waals surface area contributed by atoms with Crippen molar-refractivity contribution in [2.45, 2.75) is 38.5 Å². The van der Waals surface area contributed by atoms with Gasteiger partial charge in [0.05, 0.1) is 19.2 Å². The van der Waals surface area contributed by atoms with Gasteiger partial charge in [0.2, 0.25) is 11.8 Å². The number of aromatic nitrogens is 1. The Labute approximate surface area is 281 Å². The molecule has 0 unspecified atom stereocenters. The fourth-order valence-electron chi connectivity index (χ4n) is 4.76. The summed E-state index contributed by atoms with van der Waals surface area (Å²) in [7, 11) is 1.50. The first-order valence-corrected chi connectivity index (χ1v) is 14.7. The van der Waals surface area contributed by atoms with E-state index in [1.807, 2.05) is 0 Å². The molecule has 13 heteroatoms. The van der Waals surface area contributed by atoms with Gasteiger partial charge >= 0.3 is 24.8 Å². The van der Waals surface area contributed by atoms with Crippen LogP contribution in [-0.4, -0.2) is 60.5 Å². The molecule has 1 aliphatic carbocycles. The van der Waals surface area contributed by atoms with Gasteiger partial charge in [-0.2, -0.15) is 0 Å². The average molecular weight is 644 g/mol. The maximum atomic E-state index is 15.2. The molecule has 0 radical (unpaired) electrons. The van der Waals surface area contributed by atoms with Crippen LogP contribution in [0.5, 0.6) is 23.0 Å². The molecular weight excluding hydrogens is 612 g/mol. The normalized spacial score (nSPS) is 12.8. The molecule has 0 saturated heterocycles. The summed E-state index contributed by atoms with van der Waals surface area (Å²) in [5.74, 6) is -1.39. The number of carboxylic acid groups (broad SMARTS) is 1. The summed E-state index contributed by atoms with van der Waals surface area (Å²) in [6.45, 7) is 0.374. The van der Waals surface area contributed by atoms with Gasteiger partial charge in [0.1, 0.15) is 11.2 Å². The fraction of sp³-hybridized carbons (Fsp3) is 0.273. The second kappa shape index (κ2) is 15.3. The number of aliphatic carboxylic acids is 1. The van der Waals surface area contributed by atoms with Gasteiger partial charge in [0, 0.05) is 46.5 Å². The Morgan fingerprint density at radius 1 is 0.913 bits per heavy atom. The van der Waals surface area contributed by atoms with Crippen LogP contribution < -0.4 is 24.8 Å². The molecule has 10 nitrogen and oxygen atoms in total. The van der Waals surface area contributed by atoms with E-state index >= 15 is 4.39 Å². The molecule has 1 fully saturated rings. The minimum atomic E-state index is -1.24. The van der Waals surface area contributed by atoms with E-state index in [-0.39, 0.29) is 36.7 Å². The fourth-order valence-corrected chi connectivity index (χ4v) is 4.95. The Balaban J connectivity index is 0.00000480. The molecule has 236 valence electrons. The van der Waals surface area contributed by atoms with Gasteiger partial charge in [-0.1, -0.05) is 17.7 Å². The molecule has 0 bridgehead atoms. The third-order valence-electron chi connectivity index (χ3n) is 7.39. The summed E-state index contributed by atoms with van der Waals surface area (Å²) in [6, 6.07) is 15.6. The van der Waals surface area contributed by atoms with Gasteiger partial charge in [-0.25, -0.2) is 4.39 Å². The quantitative estimate of drug-likeness (QED) is 0.0798. The molecule has 1 saturated carbocycles. The van der Waals surface area contributed by atoms with Crippen molar-refractivity contribution in [3.8, 4) is 23.0 Å². The number of carbonyl (C=O) groups excluding carboxylic acids is 2. The van der Waals surface area contributed by atoms with Crippen molar-refractivity contribution in [1.29, 1.82) is 0 Å². The number of ether oxygens (including phenoxy) is 3. The molecule has 1 aromatic heterocycles. The third-order valence-corrected chi connectivity index (χ3v) is 7.63. The molecule has 0 atom stereocenters. The number of halogens is 2. The molecule has 0 spiro atoms. The van der Waals surface area contributed by atoms with Crippen LogP contribution in [0, 0.1) is 11.2 Å². The average Bonchev–Trinajstić information content (AvgIpc) is 3.82. The summed E-state index contributed by atoms with van der Waals surface area (Å²) in [4.78, 5) is 41.0. The van der Waals surface area contributed by atoms with Crippen LogP contribution in [0.2, 0.25) is 5.02 Å². The zero-order valence-corrected chi connectivity index (χ0v) is 25.2. The number of carboxylic acids is 1. The van der Waals surface area contributed by atoms with E-state index in [0.29, 0.717) is 77.6 Å². The SMILES string of the molecule is COc1cc2c(Oc3ccc(NC(=O)C4(C(=O)Nc5cccc(Cl)c5)CC4)cc3F)ccnc2cc1OCCCCCC(=O)O.[LiH]. The predicted octanol–water partition coefficient (Wildman–Crippen LogP) is 6.56. The summed E-state index contributed by atoms with van der Waals surface area (Å²) in [6.07, 6.45) is 4.35. The summed E-state index contributed by atoms with van der Waals surface area (Å²) in [5, 5.41) is 15.2. The first kappa shape index (κ1) is 34.6. The number of carbonyl (C=O) groups is 3. The number of hydrogen-bond donors (Lipinski definition) is 3. The van der Waals surface area contributed by atoms with Crippen LogP contribution in [0.1, 0.15) is 38.5 Å². The molecule has 3 aromatic carbocycles. The van der Waals surface area contributed by atoms with Crippen molar-refractivity contribution >= 4 is 70.5 Å². The van der Waals surface area contributed by atoms with Gasteiger partial charge in [-0.3, -0.25) is 19.4 Å². The number of nitrogens with zero attached hydrogens (tertiary/aromatic N) is 1. The number of rotatable bonds is 14. The Bertz CT molecular complexity index is 1750. The van der Waals surface area contributed by atoms with E-state index in [4.69, 9.17) is 30.9 Å². The molecule has 3 N–H and O–H groups in total. The Kier molecular flexibility index (Phi) is 11.5. The predicted molar refractivity (Wildman–Crippen MR) is 174 cm³/mol. The monoisotopic (exact) mass is 643 g/mol. The number of pyridine rings is 1. The molecular formula is C33H32ClFLiN3O7. The van der Waals surface area contributed by atoms with E-state index in [0.717, 1.165) is 6.07 Å². The minimum absolute atomic E-state index is 0. The van der Waals surface area contributed by atoms with Crippen molar-refractivity contribution in [2.75, 3.05) is 24.4 Å². The van der Waals surface area contributed by atoms with E-state index in [1.54, 1.807) is 42.5 Å². The Morgan fingerprint density at radius 3 is 2.30 bits per heavy atom. The Morgan fingerprint density at radius 2 is 1.65 bits per heavy atom. The van der Waals surface area contributed by atoms with Crippen molar-refractivity contribution < 1.29 is 38.1 Å². The second-order valence-electron chi connectivity index (χ2n) is 10.6. The van der Waals surface area contributed by atoms with Gasteiger partial charge < -0.3 is 30.0 Å². The number of benzene rings is 3. The van der Waals surface area contributed by atoms with Gasteiger partial charge in [0.25, 0.3) is 0 Å². The first-order chi connectivity index (χ1) is 21.7. The Hall–Kier alpha value is -4.30. The van der Waals surface area contributed by atoms with Gasteiger partial charge in [-0.15, -0.1) is 0 Å². The van der Waals surface area contributed by atoms with Crippen molar-refractivity contribution in [3.63, 3.8) is 0 Å². The van der Waals surface area contributed by atoms with Gasteiger partial charge in [-0.05, 0) is 74.6 Å². The molecule has 1 aliphatic rings. The first-order valence-electron chi connectivity index (χ1n) is 14.4. The molecule has 2 amide bonds. The number of amides is 2. The molecule has 4 aromatic rings. The van der Waals surface area contributed by atoms with Crippen molar-refractivity contribution in [2.24, 2.45) is 5.41 Å². The second-order valence-corrected chi connectivity index (χ2v) is 11.1. The van der Waals surface area contributed by atoms with E-state index in [1.165, 1.54) is 25.4 Å². The number of fused-ring (bicyclic) bond motifs is 1. The van der Waals surface area contributed by atoms with Crippen molar-refractivity contribution in [1.82, 2.24) is 4.98 Å². The molecule has 5 rings (SSSR count). The zero-order valence-electron chi connectivity index (χ0n) is 24.4. The third kappa shape index (κ3) is 8.29. The van der Waals surface area contributed by atoms with Crippen LogP contribution in [-0.2, 0) is 14.4 Å². The summed E-state index contributed by atoms with van der Waals surface area (Å²) < 4.78 is 32.5. The number of hydrogen-bond acceptors (Lipinski definition) is 7. The summed E-state index contributed by atoms with van der Waals surface area (Å²) in [5.41, 5.74) is -0.0534. The number of nitrogens with one attached hydrogen (secondary N) is 2. The molecule has 0 aliphatic heterocycles. The standard InChI is InChI=1S/C33H31ClFN3O7.Li.H/c1-43-28-18-23-25(19-29(28)44-15-4-2-3-8-30(39)40)36-14-11-26(23)45-27-10-9-22(17-24(27)35)38-32(42)33(12-13-33)31(41)37-21-7-5-6-20(34)16-21;;/h5-7,9-11,14,16-19H,2-4,8,12-13,15H2,1H3,(H,37,41)(H,38,42)(H,39,40);;. The van der Waals surface area contributed by atoms with Crippen LogP contribution in [0.15, 0.2) is 66.9 Å². The van der Waals surface area contributed by atoms with E-state index in [9.17, 15) is 14.4 Å². The zero-order chi connectivity index (χ0) is 32.0. The van der Waals surface area contributed by atoms with Crippen LogP contribution in [0.25, 0.3) is 10.9 Å². The number of anilines is 2. The van der Waals surface area contributed by atoms with Crippen molar-refractivity contribution in [3.05, 3.63) is 77.7 Å². The molecule has 46 heavy (non-hydrogen) atoms. The van der Waals surface area contributed by atoms with E-state index < -0.39 is 29.0 Å².